The Balaban J connectivity index is 1.90. The third kappa shape index (κ3) is 4.26. The van der Waals surface area contributed by atoms with Crippen molar-refractivity contribution in [3.05, 3.63) is 62.9 Å². The molecule has 1 aromatic carbocycles. The van der Waals surface area contributed by atoms with Gasteiger partial charge in [-0.15, -0.1) is 0 Å². The van der Waals surface area contributed by atoms with Crippen molar-refractivity contribution < 1.29 is 4.74 Å². The van der Waals surface area contributed by atoms with E-state index in [4.69, 9.17) is 32.9 Å². The van der Waals surface area contributed by atoms with E-state index in [0.717, 1.165) is 22.6 Å². The molecular weight excluding hydrogens is 373 g/mol. The monoisotopic (exact) mass is 393 g/mol. The fraction of sp³-hybridized carbons (Fsp3) is 0.389. The zero-order valence-electron chi connectivity index (χ0n) is 15.0. The molecule has 0 aliphatic heterocycles. The van der Waals surface area contributed by atoms with E-state index in [1.165, 1.54) is 0 Å². The van der Waals surface area contributed by atoms with Gasteiger partial charge in [-0.1, -0.05) is 29.3 Å². The Morgan fingerprint density at radius 3 is 2.46 bits per heavy atom. The molecule has 0 bridgehead atoms. The minimum Gasteiger partial charge on any atom is -0.383 e. The van der Waals surface area contributed by atoms with Crippen LogP contribution in [0.5, 0.6) is 0 Å². The van der Waals surface area contributed by atoms with E-state index >= 15 is 0 Å². The lowest BCUT2D eigenvalue weighted by Gasteiger charge is -2.04. The van der Waals surface area contributed by atoms with Crippen LogP contribution in [-0.2, 0) is 31.2 Å². The van der Waals surface area contributed by atoms with Crippen LogP contribution in [0.4, 0.5) is 0 Å². The number of hydrogen-bond donors (Lipinski definition) is 0. The molecule has 8 heteroatoms. The average molecular weight is 394 g/mol. The van der Waals surface area contributed by atoms with Crippen LogP contribution in [0.1, 0.15) is 28.5 Å². The Kier molecular flexibility index (Phi) is 5.96. The van der Waals surface area contributed by atoms with Crippen LogP contribution in [0.3, 0.4) is 0 Å². The fourth-order valence-electron chi connectivity index (χ4n) is 2.84. The first-order valence-corrected chi connectivity index (χ1v) is 9.07. The lowest BCUT2D eigenvalue weighted by atomic mass is 10.1. The van der Waals surface area contributed by atoms with Gasteiger partial charge in [0.2, 0.25) is 0 Å². The number of benzene rings is 1. The number of rotatable bonds is 7. The molecule has 0 aliphatic rings. The molecule has 0 aliphatic carbocycles. The Bertz CT molecular complexity index is 883. The summed E-state index contributed by atoms with van der Waals surface area (Å²) in [5, 5.41) is 10.3. The molecule has 0 saturated heterocycles. The molecule has 0 fully saturated rings. The van der Waals surface area contributed by atoms with Gasteiger partial charge in [0.25, 0.3) is 0 Å². The van der Waals surface area contributed by atoms with Crippen molar-refractivity contribution in [3.8, 4) is 0 Å². The molecule has 6 nitrogen and oxygen atoms in total. The number of hydrogen-bond acceptors (Lipinski definition) is 4. The lowest BCUT2D eigenvalue weighted by molar-refractivity contribution is 0.182. The van der Waals surface area contributed by atoms with Crippen LogP contribution in [0.25, 0.3) is 0 Å². The summed E-state index contributed by atoms with van der Waals surface area (Å²) in [5.74, 6) is 1.56. The molecule has 26 heavy (non-hydrogen) atoms. The summed E-state index contributed by atoms with van der Waals surface area (Å²) in [4.78, 5) is 4.73. The number of methoxy groups -OCH3 is 1. The molecule has 0 spiro atoms. The zero-order chi connectivity index (χ0) is 18.7. The van der Waals surface area contributed by atoms with Crippen molar-refractivity contribution in [1.82, 2.24) is 24.5 Å². The molecule has 0 N–H and O–H groups in total. The second kappa shape index (κ2) is 8.20. The Morgan fingerprint density at radius 2 is 1.85 bits per heavy atom. The van der Waals surface area contributed by atoms with E-state index in [0.29, 0.717) is 41.9 Å². The third-order valence-corrected chi connectivity index (χ3v) is 4.87. The molecule has 0 unspecified atom stereocenters. The topological polar surface area (TPSA) is 57.8 Å². The van der Waals surface area contributed by atoms with Crippen LogP contribution in [0.15, 0.2) is 24.4 Å². The smallest absolute Gasteiger partial charge is 0.155 e. The second-order valence-corrected chi connectivity index (χ2v) is 6.94. The summed E-state index contributed by atoms with van der Waals surface area (Å²) in [6, 6.07) is 5.48. The van der Waals surface area contributed by atoms with E-state index in [1.807, 2.05) is 47.7 Å². The van der Waals surface area contributed by atoms with Gasteiger partial charge in [-0.25, -0.2) is 9.67 Å². The van der Waals surface area contributed by atoms with Crippen molar-refractivity contribution in [2.45, 2.75) is 26.3 Å². The van der Waals surface area contributed by atoms with Gasteiger partial charge in [0.1, 0.15) is 5.82 Å². The number of aromatic nitrogens is 5. The molecule has 0 atom stereocenters. The van der Waals surface area contributed by atoms with E-state index in [9.17, 15) is 0 Å². The van der Waals surface area contributed by atoms with Gasteiger partial charge in [0.05, 0.1) is 18.8 Å². The maximum Gasteiger partial charge on any atom is 0.155 e. The summed E-state index contributed by atoms with van der Waals surface area (Å²) in [5.41, 5.74) is 2.95. The summed E-state index contributed by atoms with van der Waals surface area (Å²) in [7, 11) is 3.59. The van der Waals surface area contributed by atoms with E-state index in [-0.39, 0.29) is 0 Å². The van der Waals surface area contributed by atoms with Crippen LogP contribution in [0, 0.1) is 6.92 Å². The van der Waals surface area contributed by atoms with Crippen molar-refractivity contribution >= 4 is 23.2 Å². The Labute approximate surface area is 162 Å². The average Bonchev–Trinajstić information content (AvgIpc) is 3.12. The molecule has 2 aromatic heterocycles. The Morgan fingerprint density at radius 1 is 1.12 bits per heavy atom. The van der Waals surface area contributed by atoms with E-state index < -0.39 is 0 Å². The highest BCUT2D eigenvalue weighted by Crippen LogP contribution is 2.26. The highest BCUT2D eigenvalue weighted by molar-refractivity contribution is 6.36. The second-order valence-electron chi connectivity index (χ2n) is 6.13. The molecule has 0 amide bonds. The quantitative estimate of drug-likeness (QED) is 0.616. The maximum atomic E-state index is 6.29. The Hall–Kier alpha value is -1.89. The summed E-state index contributed by atoms with van der Waals surface area (Å²) in [6.45, 7) is 3.19. The SMILES string of the molecule is COCCn1nc(Cc2c(Cl)cccc2Cl)nc1Cc1cn(C)nc1C. The normalized spacial score (nSPS) is 11.3. The van der Waals surface area contributed by atoms with E-state index in [1.54, 1.807) is 7.11 Å². The van der Waals surface area contributed by atoms with Gasteiger partial charge >= 0.3 is 0 Å². The molecule has 3 aromatic rings. The number of ether oxygens (including phenoxy) is 1. The van der Waals surface area contributed by atoms with Crippen molar-refractivity contribution in [1.29, 1.82) is 0 Å². The molecule has 0 radical (unpaired) electrons. The van der Waals surface area contributed by atoms with Crippen molar-refractivity contribution in [3.63, 3.8) is 0 Å². The van der Waals surface area contributed by atoms with Gasteiger partial charge in [-0.3, -0.25) is 4.68 Å². The first-order chi connectivity index (χ1) is 12.5. The summed E-state index contributed by atoms with van der Waals surface area (Å²) >= 11 is 12.6. The molecule has 3 rings (SSSR count). The van der Waals surface area contributed by atoms with Crippen molar-refractivity contribution in [2.75, 3.05) is 13.7 Å². The van der Waals surface area contributed by atoms with E-state index in [2.05, 4.69) is 10.2 Å². The first kappa shape index (κ1) is 18.9. The van der Waals surface area contributed by atoms with Gasteiger partial charge < -0.3 is 4.74 Å². The van der Waals surface area contributed by atoms with Gasteiger partial charge in [0, 0.05) is 48.8 Å². The minimum absolute atomic E-state index is 0.484. The summed E-state index contributed by atoms with van der Waals surface area (Å²) < 4.78 is 8.89. The number of aryl methyl sites for hydroxylation is 2. The van der Waals surface area contributed by atoms with Crippen LogP contribution >= 0.6 is 23.2 Å². The van der Waals surface area contributed by atoms with Crippen LogP contribution < -0.4 is 0 Å². The highest BCUT2D eigenvalue weighted by atomic mass is 35.5. The largest absolute Gasteiger partial charge is 0.383 e. The zero-order valence-corrected chi connectivity index (χ0v) is 16.5. The third-order valence-electron chi connectivity index (χ3n) is 4.16. The van der Waals surface area contributed by atoms with Crippen LogP contribution in [-0.4, -0.2) is 38.3 Å². The van der Waals surface area contributed by atoms with Crippen molar-refractivity contribution in [2.24, 2.45) is 7.05 Å². The molecule has 138 valence electrons. The lowest BCUT2D eigenvalue weighted by Crippen LogP contribution is -2.10. The number of halogens is 2. The molecular formula is C18H21Cl2N5O. The van der Waals surface area contributed by atoms with Gasteiger partial charge in [0.15, 0.2) is 5.82 Å². The predicted molar refractivity (Wildman–Crippen MR) is 102 cm³/mol. The predicted octanol–water partition coefficient (Wildman–Crippen LogP) is 3.45. The molecule has 2 heterocycles. The minimum atomic E-state index is 0.484. The highest BCUT2D eigenvalue weighted by Gasteiger charge is 2.16. The first-order valence-electron chi connectivity index (χ1n) is 8.31. The summed E-state index contributed by atoms with van der Waals surface area (Å²) in [6.07, 6.45) is 3.15. The van der Waals surface area contributed by atoms with Gasteiger partial charge in [-0.2, -0.15) is 10.2 Å². The number of nitrogens with zero attached hydrogens (tertiary/aromatic N) is 5. The van der Waals surface area contributed by atoms with Gasteiger partial charge in [-0.05, 0) is 24.6 Å². The maximum absolute atomic E-state index is 6.29. The van der Waals surface area contributed by atoms with Crippen LogP contribution in [0.2, 0.25) is 10.0 Å². The fourth-order valence-corrected chi connectivity index (χ4v) is 3.37. The standard InChI is InChI=1S/C18H21Cl2N5O/c1-12-13(11-24(2)22-12)9-18-21-17(23-25(18)7-8-26-3)10-14-15(19)5-4-6-16(14)20/h4-6,11H,7-10H2,1-3H3. The molecule has 0 saturated carbocycles.